The van der Waals surface area contributed by atoms with Gasteiger partial charge >= 0.3 is 5.97 Å². The maximum Gasteiger partial charge on any atom is 0.309 e. The Kier molecular flexibility index (Phi) is 3.12. The molecule has 0 spiro atoms. The van der Waals surface area contributed by atoms with E-state index in [4.69, 9.17) is 5.11 Å². The maximum atomic E-state index is 11.0. The lowest BCUT2D eigenvalue weighted by Gasteiger charge is -2.19. The zero-order chi connectivity index (χ0) is 12.5. The molecule has 0 aliphatic rings. The lowest BCUT2D eigenvalue weighted by atomic mass is 9.85. The van der Waals surface area contributed by atoms with Crippen LogP contribution in [0.4, 0.5) is 0 Å². The van der Waals surface area contributed by atoms with Crippen LogP contribution < -0.4 is 0 Å². The van der Waals surface area contributed by atoms with Crippen LogP contribution in [-0.2, 0) is 11.2 Å². The van der Waals surface area contributed by atoms with Gasteiger partial charge in [0.15, 0.2) is 11.5 Å². The Balaban J connectivity index is 3.04. The summed E-state index contributed by atoms with van der Waals surface area (Å²) in [5.74, 6) is -1.26. The summed E-state index contributed by atoms with van der Waals surface area (Å²) >= 11 is 0. The molecule has 0 atom stereocenters. The SMILES string of the molecule is Cc1cc(CC(C)(C)C(=O)O)cc(O)c1O. The van der Waals surface area contributed by atoms with E-state index in [0.717, 1.165) is 0 Å². The molecule has 0 aromatic heterocycles. The normalized spacial score (nSPS) is 11.4. The van der Waals surface area contributed by atoms with Gasteiger partial charge in [0.2, 0.25) is 0 Å². The van der Waals surface area contributed by atoms with Gasteiger partial charge in [0.05, 0.1) is 5.41 Å². The summed E-state index contributed by atoms with van der Waals surface area (Å²) in [6, 6.07) is 3.08. The lowest BCUT2D eigenvalue weighted by molar-refractivity contribution is -0.146. The van der Waals surface area contributed by atoms with Gasteiger partial charge in [-0.1, -0.05) is 6.07 Å². The van der Waals surface area contributed by atoms with Crippen LogP contribution in [0.3, 0.4) is 0 Å². The maximum absolute atomic E-state index is 11.0. The largest absolute Gasteiger partial charge is 0.504 e. The van der Waals surface area contributed by atoms with Gasteiger partial charge in [-0.15, -0.1) is 0 Å². The first-order valence-electron chi connectivity index (χ1n) is 4.99. The Labute approximate surface area is 94.2 Å². The van der Waals surface area contributed by atoms with Gasteiger partial charge in [-0.05, 0) is 44.4 Å². The van der Waals surface area contributed by atoms with Crippen LogP contribution in [0.15, 0.2) is 12.1 Å². The first-order valence-corrected chi connectivity index (χ1v) is 4.99. The predicted octanol–water partition coefficient (Wildman–Crippen LogP) is 2.06. The van der Waals surface area contributed by atoms with Crippen LogP contribution >= 0.6 is 0 Å². The van der Waals surface area contributed by atoms with Crippen LogP contribution in [0.1, 0.15) is 25.0 Å². The molecule has 0 amide bonds. The van der Waals surface area contributed by atoms with E-state index in [0.29, 0.717) is 17.5 Å². The number of phenols is 2. The average molecular weight is 224 g/mol. The van der Waals surface area contributed by atoms with E-state index in [2.05, 4.69) is 0 Å². The zero-order valence-electron chi connectivity index (χ0n) is 9.61. The fourth-order valence-corrected chi connectivity index (χ4v) is 1.52. The van der Waals surface area contributed by atoms with Crippen molar-refractivity contribution in [3.05, 3.63) is 23.3 Å². The molecule has 1 aromatic rings. The van der Waals surface area contributed by atoms with Crippen LogP contribution in [0.2, 0.25) is 0 Å². The molecule has 0 saturated carbocycles. The summed E-state index contributed by atoms with van der Waals surface area (Å²) in [5.41, 5.74) is 0.340. The van der Waals surface area contributed by atoms with E-state index in [1.54, 1.807) is 26.8 Å². The highest BCUT2D eigenvalue weighted by atomic mass is 16.4. The number of carbonyl (C=O) groups is 1. The van der Waals surface area contributed by atoms with Crippen molar-refractivity contribution in [3.8, 4) is 11.5 Å². The third-order valence-electron chi connectivity index (χ3n) is 2.57. The number of rotatable bonds is 3. The molecule has 0 radical (unpaired) electrons. The third kappa shape index (κ3) is 2.45. The topological polar surface area (TPSA) is 77.8 Å². The first kappa shape index (κ1) is 12.4. The zero-order valence-corrected chi connectivity index (χ0v) is 9.61. The number of hydrogen-bond donors (Lipinski definition) is 3. The predicted molar refractivity (Wildman–Crippen MR) is 59.6 cm³/mol. The Morgan fingerprint density at radius 1 is 1.31 bits per heavy atom. The molecule has 0 unspecified atom stereocenters. The second-order valence-corrected chi connectivity index (χ2v) is 4.65. The highest BCUT2D eigenvalue weighted by Gasteiger charge is 2.27. The van der Waals surface area contributed by atoms with E-state index in [9.17, 15) is 15.0 Å². The number of phenolic OH excluding ortho intramolecular Hbond substituents is 2. The van der Waals surface area contributed by atoms with E-state index in [-0.39, 0.29) is 11.5 Å². The minimum Gasteiger partial charge on any atom is -0.504 e. The smallest absolute Gasteiger partial charge is 0.309 e. The molecule has 4 nitrogen and oxygen atoms in total. The fraction of sp³-hybridized carbons (Fsp3) is 0.417. The monoisotopic (exact) mass is 224 g/mol. The second kappa shape index (κ2) is 4.04. The number of aliphatic carboxylic acids is 1. The van der Waals surface area contributed by atoms with Crippen molar-refractivity contribution >= 4 is 5.97 Å². The minimum absolute atomic E-state index is 0.156. The van der Waals surface area contributed by atoms with Crippen molar-refractivity contribution in [2.45, 2.75) is 27.2 Å². The van der Waals surface area contributed by atoms with Gasteiger partial charge < -0.3 is 15.3 Å². The van der Waals surface area contributed by atoms with E-state index >= 15 is 0 Å². The van der Waals surface area contributed by atoms with Crippen molar-refractivity contribution in [3.63, 3.8) is 0 Å². The Hall–Kier alpha value is -1.71. The number of benzene rings is 1. The molecule has 1 rings (SSSR count). The fourth-order valence-electron chi connectivity index (χ4n) is 1.52. The van der Waals surface area contributed by atoms with Crippen LogP contribution in [0, 0.1) is 12.3 Å². The molecule has 16 heavy (non-hydrogen) atoms. The van der Waals surface area contributed by atoms with Crippen molar-refractivity contribution in [1.29, 1.82) is 0 Å². The van der Waals surface area contributed by atoms with Crippen molar-refractivity contribution < 1.29 is 20.1 Å². The van der Waals surface area contributed by atoms with Crippen LogP contribution in [0.25, 0.3) is 0 Å². The third-order valence-corrected chi connectivity index (χ3v) is 2.57. The van der Waals surface area contributed by atoms with E-state index in [1.807, 2.05) is 0 Å². The molecule has 0 fully saturated rings. The Morgan fingerprint density at radius 2 is 1.88 bits per heavy atom. The molecule has 0 bridgehead atoms. The number of hydrogen-bond acceptors (Lipinski definition) is 3. The highest BCUT2D eigenvalue weighted by Crippen LogP contribution is 2.32. The van der Waals surface area contributed by atoms with Gasteiger partial charge in [-0.2, -0.15) is 0 Å². The second-order valence-electron chi connectivity index (χ2n) is 4.65. The quantitative estimate of drug-likeness (QED) is 0.687. The van der Waals surface area contributed by atoms with Crippen LogP contribution in [0.5, 0.6) is 11.5 Å². The molecular weight excluding hydrogens is 208 g/mol. The lowest BCUT2D eigenvalue weighted by Crippen LogP contribution is -2.26. The molecule has 88 valence electrons. The summed E-state index contributed by atoms with van der Waals surface area (Å²) < 4.78 is 0. The molecule has 4 heteroatoms. The number of carboxylic acid groups (broad SMARTS) is 1. The molecule has 0 aliphatic heterocycles. The molecule has 1 aromatic carbocycles. The Morgan fingerprint density at radius 3 is 2.31 bits per heavy atom. The summed E-state index contributed by atoms with van der Waals surface area (Å²) in [5, 5.41) is 27.8. The first-order chi connectivity index (χ1) is 7.24. The summed E-state index contributed by atoms with van der Waals surface area (Å²) in [4.78, 5) is 11.0. The van der Waals surface area contributed by atoms with Crippen molar-refractivity contribution in [2.24, 2.45) is 5.41 Å². The number of carboxylic acids is 1. The van der Waals surface area contributed by atoms with E-state index in [1.165, 1.54) is 6.07 Å². The van der Waals surface area contributed by atoms with Gasteiger partial charge in [0, 0.05) is 0 Å². The highest BCUT2D eigenvalue weighted by molar-refractivity contribution is 5.74. The van der Waals surface area contributed by atoms with Gasteiger partial charge in [-0.25, -0.2) is 0 Å². The number of aryl methyl sites for hydroxylation is 1. The van der Waals surface area contributed by atoms with Gasteiger partial charge in [-0.3, -0.25) is 4.79 Å². The number of aromatic hydroxyl groups is 2. The standard InChI is InChI=1S/C12H16O4/c1-7-4-8(5-9(13)10(7)14)6-12(2,3)11(15)16/h4-5,13-14H,6H2,1-3H3,(H,15,16). The Bertz CT molecular complexity index is 398. The summed E-state index contributed by atoms with van der Waals surface area (Å²) in [7, 11) is 0. The van der Waals surface area contributed by atoms with Crippen molar-refractivity contribution in [1.82, 2.24) is 0 Å². The molecule has 0 heterocycles. The molecule has 0 aliphatic carbocycles. The molecule has 3 N–H and O–H groups in total. The van der Waals surface area contributed by atoms with Crippen LogP contribution in [-0.4, -0.2) is 21.3 Å². The van der Waals surface area contributed by atoms with E-state index < -0.39 is 11.4 Å². The minimum atomic E-state index is -0.893. The van der Waals surface area contributed by atoms with Crippen molar-refractivity contribution in [2.75, 3.05) is 0 Å². The van der Waals surface area contributed by atoms with Gasteiger partial charge in [0.1, 0.15) is 0 Å². The molecular formula is C12H16O4. The summed E-state index contributed by atoms with van der Waals surface area (Å²) in [6.45, 7) is 4.90. The molecule has 0 saturated heterocycles. The van der Waals surface area contributed by atoms with Gasteiger partial charge in [0.25, 0.3) is 0 Å². The summed E-state index contributed by atoms with van der Waals surface area (Å²) in [6.07, 6.45) is 0.303. The average Bonchev–Trinajstić information content (AvgIpc) is 2.13.